The fraction of sp³-hybridized carbons (Fsp3) is 0.818. The summed E-state index contributed by atoms with van der Waals surface area (Å²) in [6, 6.07) is 0. The number of aliphatic hydroxyl groups excluding tert-OH is 2. The quantitative estimate of drug-likeness (QED) is 0.586. The molecule has 0 saturated carbocycles. The third kappa shape index (κ3) is 2.00. The van der Waals surface area contributed by atoms with Crippen LogP contribution in [0.15, 0.2) is 11.1 Å². The molecule has 4 atom stereocenters. The van der Waals surface area contributed by atoms with E-state index in [1.165, 1.54) is 0 Å². The average Bonchev–Trinajstić information content (AvgIpc) is 2.39. The molecule has 82 valence electrons. The van der Waals surface area contributed by atoms with E-state index in [4.69, 9.17) is 0 Å². The first-order chi connectivity index (χ1) is 6.49. The van der Waals surface area contributed by atoms with Crippen molar-refractivity contribution in [3.05, 3.63) is 11.1 Å². The Morgan fingerprint density at radius 1 is 1.43 bits per heavy atom. The highest BCUT2D eigenvalue weighted by molar-refractivity contribution is 5.23. The van der Waals surface area contributed by atoms with Gasteiger partial charge in [0.15, 0.2) is 0 Å². The molecule has 4 unspecified atom stereocenters. The molecule has 0 amide bonds. The van der Waals surface area contributed by atoms with Crippen LogP contribution in [0.25, 0.3) is 0 Å². The molecule has 1 fully saturated rings. The largest absolute Gasteiger partial charge is 0.378 e. The highest BCUT2D eigenvalue weighted by Crippen LogP contribution is 2.34. The van der Waals surface area contributed by atoms with Crippen molar-refractivity contribution in [2.45, 2.75) is 46.6 Å². The van der Waals surface area contributed by atoms with Crippen LogP contribution in [0.5, 0.6) is 0 Å². The van der Waals surface area contributed by atoms with E-state index in [0.29, 0.717) is 5.92 Å². The fourth-order valence-corrected chi connectivity index (χ4v) is 2.19. The van der Waals surface area contributed by atoms with Crippen molar-refractivity contribution in [1.82, 2.24) is 5.32 Å². The summed E-state index contributed by atoms with van der Waals surface area (Å²) in [6.07, 6.45) is -0.272. The first-order valence-electron chi connectivity index (χ1n) is 5.28. The number of rotatable bonds is 2. The Morgan fingerprint density at radius 2 is 2.00 bits per heavy atom. The van der Waals surface area contributed by atoms with Gasteiger partial charge in [-0.1, -0.05) is 25.8 Å². The summed E-state index contributed by atoms with van der Waals surface area (Å²) >= 11 is 0. The zero-order valence-corrected chi connectivity index (χ0v) is 9.41. The predicted molar refractivity (Wildman–Crippen MR) is 56.5 cm³/mol. The molecule has 3 heteroatoms. The molecule has 0 aromatic heterocycles. The van der Waals surface area contributed by atoms with Gasteiger partial charge in [0, 0.05) is 5.92 Å². The average molecular weight is 199 g/mol. The second-order valence-electron chi connectivity index (χ2n) is 4.38. The highest BCUT2D eigenvalue weighted by Gasteiger charge is 2.39. The van der Waals surface area contributed by atoms with Gasteiger partial charge in [-0.3, -0.25) is 5.32 Å². The lowest BCUT2D eigenvalue weighted by molar-refractivity contribution is 0.0708. The van der Waals surface area contributed by atoms with Gasteiger partial charge in [0.05, 0.1) is 0 Å². The lowest BCUT2D eigenvalue weighted by Gasteiger charge is -2.22. The predicted octanol–water partition coefficient (Wildman–Crippen LogP) is 1.23. The van der Waals surface area contributed by atoms with E-state index in [1.54, 1.807) is 0 Å². The summed E-state index contributed by atoms with van der Waals surface area (Å²) in [7, 11) is 0. The minimum Gasteiger partial charge on any atom is -0.378 e. The lowest BCUT2D eigenvalue weighted by Crippen LogP contribution is -2.32. The summed E-state index contributed by atoms with van der Waals surface area (Å²) in [5.41, 5.74) is 2.07. The van der Waals surface area contributed by atoms with Gasteiger partial charge < -0.3 is 10.2 Å². The molecule has 14 heavy (non-hydrogen) atoms. The van der Waals surface area contributed by atoms with Crippen molar-refractivity contribution in [2.75, 3.05) is 0 Å². The molecule has 0 radical (unpaired) electrons. The van der Waals surface area contributed by atoms with Gasteiger partial charge >= 0.3 is 0 Å². The maximum atomic E-state index is 9.77. The molecule has 1 aliphatic rings. The second-order valence-corrected chi connectivity index (χ2v) is 4.38. The molecule has 0 spiro atoms. The molecule has 0 aromatic rings. The second kappa shape index (κ2) is 4.43. The van der Waals surface area contributed by atoms with E-state index in [0.717, 1.165) is 17.6 Å². The van der Waals surface area contributed by atoms with Gasteiger partial charge in [0.2, 0.25) is 0 Å². The standard InChI is InChI=1S/C11H21NO2/c1-5-7(4)9-8(6(2)3)10(13)12-11(9)14/h7,9-14H,5H2,1-4H3. The highest BCUT2D eigenvalue weighted by atomic mass is 16.3. The van der Waals surface area contributed by atoms with Crippen molar-refractivity contribution >= 4 is 0 Å². The van der Waals surface area contributed by atoms with Gasteiger partial charge in [-0.15, -0.1) is 0 Å². The van der Waals surface area contributed by atoms with Crippen LogP contribution in [0.3, 0.4) is 0 Å². The van der Waals surface area contributed by atoms with E-state index in [-0.39, 0.29) is 5.92 Å². The molecule has 0 aromatic carbocycles. The van der Waals surface area contributed by atoms with Gasteiger partial charge in [0.1, 0.15) is 12.5 Å². The molecule has 0 bridgehead atoms. The lowest BCUT2D eigenvalue weighted by atomic mass is 9.84. The third-order valence-electron chi connectivity index (χ3n) is 3.16. The molecular weight excluding hydrogens is 178 g/mol. The number of nitrogens with one attached hydrogen (secondary N) is 1. The normalized spacial score (nSPS) is 34.7. The summed E-state index contributed by atoms with van der Waals surface area (Å²) in [6.45, 7) is 8.17. The van der Waals surface area contributed by atoms with Crippen LogP contribution in [0, 0.1) is 11.8 Å². The van der Waals surface area contributed by atoms with E-state index in [1.807, 2.05) is 13.8 Å². The summed E-state index contributed by atoms with van der Waals surface area (Å²) in [4.78, 5) is 0. The van der Waals surface area contributed by atoms with Crippen LogP contribution in [0.4, 0.5) is 0 Å². The zero-order chi connectivity index (χ0) is 10.9. The first-order valence-corrected chi connectivity index (χ1v) is 5.28. The molecule has 1 rings (SSSR count). The molecule has 0 aliphatic carbocycles. The Bertz CT molecular complexity index is 229. The molecular formula is C11H21NO2. The Balaban J connectivity index is 2.96. The number of hydrogen-bond donors (Lipinski definition) is 3. The van der Waals surface area contributed by atoms with E-state index in [2.05, 4.69) is 19.2 Å². The molecule has 3 N–H and O–H groups in total. The van der Waals surface area contributed by atoms with Gasteiger partial charge in [-0.2, -0.15) is 0 Å². The minimum absolute atomic E-state index is 0.0556. The van der Waals surface area contributed by atoms with Crippen molar-refractivity contribution in [1.29, 1.82) is 0 Å². The minimum atomic E-state index is -0.672. The Labute approximate surface area is 85.8 Å². The van der Waals surface area contributed by atoms with Crippen LogP contribution in [0.1, 0.15) is 34.1 Å². The van der Waals surface area contributed by atoms with E-state index < -0.39 is 12.5 Å². The number of hydrogen-bond acceptors (Lipinski definition) is 3. The van der Waals surface area contributed by atoms with Crippen LogP contribution in [-0.2, 0) is 0 Å². The molecule has 1 saturated heterocycles. The van der Waals surface area contributed by atoms with Crippen molar-refractivity contribution in [3.8, 4) is 0 Å². The van der Waals surface area contributed by atoms with E-state index in [9.17, 15) is 10.2 Å². The van der Waals surface area contributed by atoms with Gasteiger partial charge in [-0.25, -0.2) is 0 Å². The molecule has 1 heterocycles. The summed E-state index contributed by atoms with van der Waals surface area (Å²) < 4.78 is 0. The van der Waals surface area contributed by atoms with Crippen LogP contribution in [0.2, 0.25) is 0 Å². The summed E-state index contributed by atoms with van der Waals surface area (Å²) in [5, 5.41) is 22.3. The SMILES string of the molecule is CCC(C)C1C(=C(C)C)C(O)NC1O. The monoisotopic (exact) mass is 199 g/mol. The Hall–Kier alpha value is -0.380. The zero-order valence-electron chi connectivity index (χ0n) is 9.41. The van der Waals surface area contributed by atoms with Gasteiger partial charge in [0.25, 0.3) is 0 Å². The Kier molecular flexibility index (Phi) is 3.70. The van der Waals surface area contributed by atoms with Crippen molar-refractivity contribution < 1.29 is 10.2 Å². The van der Waals surface area contributed by atoms with E-state index >= 15 is 0 Å². The molecule has 1 aliphatic heterocycles. The topological polar surface area (TPSA) is 52.5 Å². The van der Waals surface area contributed by atoms with Crippen molar-refractivity contribution in [3.63, 3.8) is 0 Å². The van der Waals surface area contributed by atoms with Gasteiger partial charge in [-0.05, 0) is 25.3 Å². The van der Waals surface area contributed by atoms with Crippen LogP contribution in [-0.4, -0.2) is 22.7 Å². The smallest absolute Gasteiger partial charge is 0.129 e. The maximum absolute atomic E-state index is 9.77. The third-order valence-corrected chi connectivity index (χ3v) is 3.16. The summed E-state index contributed by atoms with van der Waals surface area (Å²) in [5.74, 6) is 0.444. The van der Waals surface area contributed by atoms with Crippen molar-refractivity contribution in [2.24, 2.45) is 11.8 Å². The number of allylic oxidation sites excluding steroid dienone is 1. The fourth-order valence-electron chi connectivity index (χ4n) is 2.19. The Morgan fingerprint density at radius 3 is 2.43 bits per heavy atom. The maximum Gasteiger partial charge on any atom is 0.129 e. The molecule has 3 nitrogen and oxygen atoms in total. The number of aliphatic hydroxyl groups is 2. The van der Waals surface area contributed by atoms with Crippen LogP contribution >= 0.6 is 0 Å². The first kappa shape index (κ1) is 11.7. The van der Waals surface area contributed by atoms with Crippen LogP contribution < -0.4 is 5.32 Å².